The fourth-order valence-corrected chi connectivity index (χ4v) is 3.14. The van der Waals surface area contributed by atoms with Crippen molar-refractivity contribution in [2.24, 2.45) is 0 Å². The van der Waals surface area contributed by atoms with Crippen LogP contribution in [0.3, 0.4) is 0 Å². The molecular weight excluding hydrogens is 340 g/mol. The Morgan fingerprint density at radius 3 is 2.78 bits per heavy atom. The minimum absolute atomic E-state index is 0.174. The standard InChI is InChI=1S/C20H14N6O/c1-11-23-10-15(24-11)18-17(25-19-16(27)6-8-22-20(19)26-18)13-4-5-14-12(9-13)3-2-7-21-14/h2-10H,1H3,(H,23,24)(H,22,26,27). The molecule has 0 fully saturated rings. The first-order chi connectivity index (χ1) is 13.2. The van der Waals surface area contributed by atoms with Crippen molar-refractivity contribution in [2.75, 3.05) is 0 Å². The van der Waals surface area contributed by atoms with Gasteiger partial charge in [-0.1, -0.05) is 12.1 Å². The second-order valence-corrected chi connectivity index (χ2v) is 6.25. The average Bonchev–Trinajstić information content (AvgIpc) is 3.13. The van der Waals surface area contributed by atoms with Gasteiger partial charge in [-0.15, -0.1) is 0 Å². The van der Waals surface area contributed by atoms with Crippen LogP contribution in [0.25, 0.3) is 44.7 Å². The number of pyridine rings is 2. The van der Waals surface area contributed by atoms with Gasteiger partial charge in [0.1, 0.15) is 11.5 Å². The lowest BCUT2D eigenvalue weighted by Crippen LogP contribution is -2.06. The van der Waals surface area contributed by atoms with Crippen LogP contribution in [0.1, 0.15) is 5.82 Å². The third-order valence-corrected chi connectivity index (χ3v) is 4.42. The van der Waals surface area contributed by atoms with Crippen LogP contribution >= 0.6 is 0 Å². The molecule has 4 aromatic heterocycles. The molecule has 0 saturated carbocycles. The Morgan fingerprint density at radius 1 is 1.00 bits per heavy atom. The third kappa shape index (κ3) is 2.56. The summed E-state index contributed by atoms with van der Waals surface area (Å²) in [6.45, 7) is 1.88. The fourth-order valence-electron chi connectivity index (χ4n) is 3.14. The van der Waals surface area contributed by atoms with Gasteiger partial charge in [0.05, 0.1) is 23.1 Å². The first kappa shape index (κ1) is 15.4. The molecule has 0 aliphatic carbocycles. The Balaban J connectivity index is 1.85. The molecule has 0 atom stereocenters. The van der Waals surface area contributed by atoms with Crippen molar-refractivity contribution < 1.29 is 0 Å². The molecule has 5 aromatic rings. The molecule has 1 aromatic carbocycles. The predicted molar refractivity (Wildman–Crippen MR) is 103 cm³/mol. The van der Waals surface area contributed by atoms with Gasteiger partial charge in [-0.05, 0) is 25.1 Å². The van der Waals surface area contributed by atoms with Crippen molar-refractivity contribution in [3.8, 4) is 22.6 Å². The molecule has 2 N–H and O–H groups in total. The first-order valence-corrected chi connectivity index (χ1v) is 8.45. The van der Waals surface area contributed by atoms with Crippen LogP contribution in [0.4, 0.5) is 0 Å². The number of imidazole rings is 1. The second kappa shape index (κ2) is 5.84. The van der Waals surface area contributed by atoms with Gasteiger partial charge in [0.2, 0.25) is 5.43 Å². The number of nitrogens with zero attached hydrogens (tertiary/aromatic N) is 4. The number of hydrogen-bond donors (Lipinski definition) is 2. The van der Waals surface area contributed by atoms with E-state index < -0.39 is 0 Å². The first-order valence-electron chi connectivity index (χ1n) is 8.45. The monoisotopic (exact) mass is 354 g/mol. The van der Waals surface area contributed by atoms with Gasteiger partial charge in [0.15, 0.2) is 11.2 Å². The summed E-state index contributed by atoms with van der Waals surface area (Å²) in [5.74, 6) is 0.780. The maximum Gasteiger partial charge on any atom is 0.209 e. The lowest BCUT2D eigenvalue weighted by Gasteiger charge is -2.09. The Morgan fingerprint density at radius 2 is 1.93 bits per heavy atom. The number of aromatic nitrogens is 6. The molecular formula is C20H14N6O. The summed E-state index contributed by atoms with van der Waals surface area (Å²) in [5, 5.41) is 0.991. The Labute approximate surface area is 153 Å². The Hall–Kier alpha value is -3.87. The summed E-state index contributed by atoms with van der Waals surface area (Å²) < 4.78 is 0. The van der Waals surface area contributed by atoms with Crippen LogP contribution in [0.5, 0.6) is 0 Å². The molecule has 0 amide bonds. The van der Waals surface area contributed by atoms with Gasteiger partial charge in [-0.2, -0.15) is 0 Å². The van der Waals surface area contributed by atoms with Crippen LogP contribution < -0.4 is 5.43 Å². The summed E-state index contributed by atoms with van der Waals surface area (Å²) in [5.41, 5.74) is 4.32. The molecule has 0 radical (unpaired) electrons. The van der Waals surface area contributed by atoms with Crippen molar-refractivity contribution in [2.45, 2.75) is 6.92 Å². The summed E-state index contributed by atoms with van der Waals surface area (Å²) in [7, 11) is 0. The molecule has 0 aliphatic heterocycles. The van der Waals surface area contributed by atoms with Crippen molar-refractivity contribution in [3.05, 3.63) is 71.0 Å². The highest BCUT2D eigenvalue weighted by Crippen LogP contribution is 2.30. The maximum absolute atomic E-state index is 12.3. The normalized spacial score (nSPS) is 11.3. The lowest BCUT2D eigenvalue weighted by atomic mass is 10.0. The number of nitrogens with one attached hydrogen (secondary N) is 2. The molecule has 0 bridgehead atoms. The van der Waals surface area contributed by atoms with E-state index in [0.717, 1.165) is 28.0 Å². The number of hydrogen-bond acceptors (Lipinski definition) is 5. The van der Waals surface area contributed by atoms with Crippen molar-refractivity contribution in [3.63, 3.8) is 0 Å². The number of H-pyrrole nitrogens is 2. The highest BCUT2D eigenvalue weighted by atomic mass is 16.1. The third-order valence-electron chi connectivity index (χ3n) is 4.42. The van der Waals surface area contributed by atoms with Gasteiger partial charge < -0.3 is 9.97 Å². The summed E-state index contributed by atoms with van der Waals surface area (Å²) in [6.07, 6.45) is 5.05. The van der Waals surface area contributed by atoms with Gasteiger partial charge in [0.25, 0.3) is 0 Å². The molecule has 0 saturated heterocycles. The molecule has 130 valence electrons. The van der Waals surface area contributed by atoms with E-state index in [0.29, 0.717) is 22.6 Å². The number of rotatable bonds is 2. The van der Waals surface area contributed by atoms with E-state index in [1.807, 2.05) is 37.3 Å². The average molecular weight is 354 g/mol. The molecule has 4 heterocycles. The number of benzene rings is 1. The molecule has 5 rings (SSSR count). The summed E-state index contributed by atoms with van der Waals surface area (Å²) >= 11 is 0. The minimum Gasteiger partial charge on any atom is -0.345 e. The molecule has 0 unspecified atom stereocenters. The zero-order valence-corrected chi connectivity index (χ0v) is 14.4. The number of aromatic amines is 2. The zero-order chi connectivity index (χ0) is 18.4. The highest BCUT2D eigenvalue weighted by Gasteiger charge is 2.16. The summed E-state index contributed by atoms with van der Waals surface area (Å²) in [4.78, 5) is 36.4. The van der Waals surface area contributed by atoms with Crippen LogP contribution in [0.2, 0.25) is 0 Å². The predicted octanol–water partition coefficient (Wildman–Crippen LogP) is 3.23. The second-order valence-electron chi connectivity index (χ2n) is 6.25. The smallest absolute Gasteiger partial charge is 0.209 e. The molecule has 7 heteroatoms. The topological polar surface area (TPSA) is 100 Å². The van der Waals surface area contributed by atoms with Crippen molar-refractivity contribution in [1.82, 2.24) is 29.9 Å². The maximum atomic E-state index is 12.3. The largest absolute Gasteiger partial charge is 0.345 e. The summed E-state index contributed by atoms with van der Waals surface area (Å²) in [6, 6.07) is 11.2. The molecule has 0 aliphatic rings. The fraction of sp³-hybridized carbons (Fsp3) is 0.0500. The Kier molecular flexibility index (Phi) is 3.33. The van der Waals surface area contributed by atoms with Gasteiger partial charge in [0, 0.05) is 29.4 Å². The van der Waals surface area contributed by atoms with E-state index in [2.05, 4.69) is 29.9 Å². The SMILES string of the molecule is Cc1ncc(-c2nc3[nH]ccc(=O)c3nc2-c2ccc3ncccc3c2)[nH]1. The van der Waals surface area contributed by atoms with Crippen molar-refractivity contribution in [1.29, 1.82) is 0 Å². The van der Waals surface area contributed by atoms with Gasteiger partial charge in [-0.25, -0.2) is 15.0 Å². The van der Waals surface area contributed by atoms with Gasteiger partial charge in [-0.3, -0.25) is 9.78 Å². The van der Waals surface area contributed by atoms with E-state index in [-0.39, 0.29) is 5.43 Å². The zero-order valence-electron chi connectivity index (χ0n) is 14.4. The van der Waals surface area contributed by atoms with E-state index in [9.17, 15) is 4.79 Å². The van der Waals surface area contributed by atoms with E-state index in [1.165, 1.54) is 6.07 Å². The van der Waals surface area contributed by atoms with Crippen LogP contribution in [0.15, 0.2) is 59.8 Å². The van der Waals surface area contributed by atoms with Crippen LogP contribution in [-0.4, -0.2) is 29.9 Å². The number of fused-ring (bicyclic) bond motifs is 2. The highest BCUT2D eigenvalue weighted by molar-refractivity contribution is 5.88. The van der Waals surface area contributed by atoms with Crippen LogP contribution in [0, 0.1) is 6.92 Å². The van der Waals surface area contributed by atoms with Crippen LogP contribution in [-0.2, 0) is 0 Å². The van der Waals surface area contributed by atoms with Crippen molar-refractivity contribution >= 4 is 22.1 Å². The van der Waals surface area contributed by atoms with E-state index in [1.54, 1.807) is 18.6 Å². The number of aryl methyl sites for hydroxylation is 1. The quantitative estimate of drug-likeness (QED) is 0.507. The van der Waals surface area contributed by atoms with E-state index >= 15 is 0 Å². The lowest BCUT2D eigenvalue weighted by molar-refractivity contribution is 1.14. The Bertz CT molecular complexity index is 1370. The van der Waals surface area contributed by atoms with Gasteiger partial charge >= 0.3 is 0 Å². The molecule has 27 heavy (non-hydrogen) atoms. The molecule has 0 spiro atoms. The van der Waals surface area contributed by atoms with E-state index in [4.69, 9.17) is 0 Å². The minimum atomic E-state index is -0.174. The molecule has 7 nitrogen and oxygen atoms in total.